The first-order valence-corrected chi connectivity index (χ1v) is 7.34. The van der Waals surface area contributed by atoms with Crippen LogP contribution >= 0.6 is 22.6 Å². The molecule has 1 N–H and O–H groups in total. The summed E-state index contributed by atoms with van der Waals surface area (Å²) in [5.74, 6) is 0. The van der Waals surface area contributed by atoms with Crippen molar-refractivity contribution in [3.05, 3.63) is 0 Å². The van der Waals surface area contributed by atoms with Crippen molar-refractivity contribution in [2.24, 2.45) is 0 Å². The Morgan fingerprint density at radius 1 is 1.24 bits per heavy atom. The minimum atomic E-state index is -0.254. The fourth-order valence-electron chi connectivity index (χ4n) is 1.23. The molecular weight excluding hydrogens is 335 g/mol. The van der Waals surface area contributed by atoms with E-state index in [2.05, 4.69) is 22.6 Å². The fraction of sp³-hybridized carbons (Fsp3) is 1.00. The monoisotopic (exact) mass is 360 g/mol. The normalized spacial score (nSPS) is 13.9. The van der Waals surface area contributed by atoms with Crippen LogP contribution in [0.15, 0.2) is 0 Å². The second-order valence-corrected chi connectivity index (χ2v) is 5.74. The smallest absolute Gasteiger partial charge is 0.111 e. The Balaban J connectivity index is 3.46. The van der Waals surface area contributed by atoms with Crippen molar-refractivity contribution in [1.29, 1.82) is 0 Å². The lowest BCUT2D eigenvalue weighted by molar-refractivity contribution is -0.0440. The van der Waals surface area contributed by atoms with Gasteiger partial charge >= 0.3 is 0 Å². The van der Waals surface area contributed by atoms with Gasteiger partial charge in [-0.15, -0.1) is 0 Å². The van der Waals surface area contributed by atoms with Crippen LogP contribution in [-0.2, 0) is 14.2 Å². The van der Waals surface area contributed by atoms with Gasteiger partial charge in [0, 0.05) is 19.6 Å². The largest absolute Gasteiger partial charge is 0.396 e. The van der Waals surface area contributed by atoms with E-state index < -0.39 is 0 Å². The van der Waals surface area contributed by atoms with Crippen LogP contribution < -0.4 is 0 Å². The minimum Gasteiger partial charge on any atom is -0.396 e. The van der Waals surface area contributed by atoms with E-state index in [0.29, 0.717) is 26.2 Å². The third-order valence-electron chi connectivity index (χ3n) is 2.28. The van der Waals surface area contributed by atoms with Gasteiger partial charge < -0.3 is 19.3 Å². The SMILES string of the molecule is CCOCCO[C@H](I)CCOC(C)(C)CCO. The molecule has 0 radical (unpaired) electrons. The molecule has 0 saturated carbocycles. The molecule has 5 heteroatoms. The van der Waals surface area contributed by atoms with Crippen molar-refractivity contribution >= 4 is 22.6 Å². The molecule has 1 atom stereocenters. The summed E-state index contributed by atoms with van der Waals surface area (Å²) in [6.07, 6.45) is 1.51. The van der Waals surface area contributed by atoms with E-state index in [4.69, 9.17) is 19.3 Å². The average molecular weight is 360 g/mol. The van der Waals surface area contributed by atoms with Crippen LogP contribution in [0.5, 0.6) is 0 Å². The summed E-state index contributed by atoms with van der Waals surface area (Å²) in [6.45, 7) is 8.75. The number of alkyl halides is 1. The van der Waals surface area contributed by atoms with E-state index in [9.17, 15) is 0 Å². The van der Waals surface area contributed by atoms with E-state index in [1.165, 1.54) is 0 Å². The molecule has 0 saturated heterocycles. The number of aliphatic hydroxyl groups is 1. The summed E-state index contributed by atoms with van der Waals surface area (Å²) in [5, 5.41) is 8.86. The molecule has 104 valence electrons. The first-order valence-electron chi connectivity index (χ1n) is 6.10. The maximum atomic E-state index is 8.86. The van der Waals surface area contributed by atoms with Crippen LogP contribution in [0.1, 0.15) is 33.6 Å². The molecule has 0 fully saturated rings. The predicted molar refractivity (Wildman–Crippen MR) is 76.6 cm³/mol. The second-order valence-electron chi connectivity index (χ2n) is 4.35. The van der Waals surface area contributed by atoms with Gasteiger partial charge in [0.1, 0.15) is 4.11 Å². The van der Waals surface area contributed by atoms with Crippen molar-refractivity contribution in [2.75, 3.05) is 33.0 Å². The zero-order valence-corrected chi connectivity index (χ0v) is 13.2. The highest BCUT2D eigenvalue weighted by atomic mass is 127. The number of ether oxygens (including phenoxy) is 3. The number of aliphatic hydroxyl groups excluding tert-OH is 1. The van der Waals surface area contributed by atoms with Gasteiger partial charge in [0.25, 0.3) is 0 Å². The Morgan fingerprint density at radius 2 is 1.94 bits per heavy atom. The van der Waals surface area contributed by atoms with Crippen LogP contribution in [0.4, 0.5) is 0 Å². The van der Waals surface area contributed by atoms with E-state index in [0.717, 1.165) is 13.0 Å². The van der Waals surface area contributed by atoms with Crippen molar-refractivity contribution in [3.63, 3.8) is 0 Å². The number of hydrogen-bond acceptors (Lipinski definition) is 4. The molecule has 0 heterocycles. The lowest BCUT2D eigenvalue weighted by atomic mass is 10.1. The Hall–Kier alpha value is 0.570. The number of rotatable bonds is 11. The highest BCUT2D eigenvalue weighted by molar-refractivity contribution is 14.1. The zero-order valence-electron chi connectivity index (χ0n) is 11.1. The topological polar surface area (TPSA) is 47.9 Å². The molecule has 17 heavy (non-hydrogen) atoms. The van der Waals surface area contributed by atoms with Gasteiger partial charge in [-0.3, -0.25) is 0 Å². The highest BCUT2D eigenvalue weighted by Gasteiger charge is 2.17. The predicted octanol–water partition coefficient (Wildman–Crippen LogP) is 2.37. The summed E-state index contributed by atoms with van der Waals surface area (Å²) in [5.41, 5.74) is -0.254. The Morgan fingerprint density at radius 3 is 2.53 bits per heavy atom. The Labute approximate surface area is 118 Å². The molecule has 4 nitrogen and oxygen atoms in total. The molecule has 0 bridgehead atoms. The van der Waals surface area contributed by atoms with Gasteiger partial charge in [0.05, 0.1) is 25.4 Å². The van der Waals surface area contributed by atoms with Crippen molar-refractivity contribution in [3.8, 4) is 0 Å². The summed E-state index contributed by atoms with van der Waals surface area (Å²) in [7, 11) is 0. The first-order chi connectivity index (χ1) is 8.02. The van der Waals surface area contributed by atoms with E-state index in [-0.39, 0.29) is 16.3 Å². The van der Waals surface area contributed by atoms with Gasteiger partial charge in [-0.1, -0.05) is 22.6 Å². The van der Waals surface area contributed by atoms with Crippen LogP contribution in [0, 0.1) is 0 Å². The lowest BCUT2D eigenvalue weighted by Gasteiger charge is -2.25. The van der Waals surface area contributed by atoms with Gasteiger partial charge in [0.2, 0.25) is 0 Å². The quantitative estimate of drug-likeness (QED) is 0.349. The molecule has 0 unspecified atom stereocenters. The molecule has 0 spiro atoms. The van der Waals surface area contributed by atoms with E-state index in [1.54, 1.807) is 0 Å². The minimum absolute atomic E-state index is 0.151. The lowest BCUT2D eigenvalue weighted by Crippen LogP contribution is -2.27. The molecule has 0 aliphatic rings. The van der Waals surface area contributed by atoms with E-state index >= 15 is 0 Å². The molecule has 0 aromatic rings. The van der Waals surface area contributed by atoms with Gasteiger partial charge in [0.15, 0.2) is 0 Å². The maximum Gasteiger partial charge on any atom is 0.111 e. The number of halogens is 1. The molecule has 0 aromatic heterocycles. The average Bonchev–Trinajstić information content (AvgIpc) is 2.24. The van der Waals surface area contributed by atoms with Crippen molar-refractivity contribution in [2.45, 2.75) is 43.3 Å². The summed E-state index contributed by atoms with van der Waals surface area (Å²) >= 11 is 2.26. The van der Waals surface area contributed by atoms with Crippen LogP contribution in [-0.4, -0.2) is 47.9 Å². The first kappa shape index (κ1) is 17.6. The second kappa shape index (κ2) is 10.5. The standard InChI is InChI=1S/C12H25IO4/c1-4-15-9-10-16-11(13)5-8-17-12(2,3)6-7-14/h11,14H,4-10H2,1-3H3/t11-/m0/s1. The molecule has 0 aromatic carbocycles. The Bertz CT molecular complexity index is 176. The molecule has 0 aliphatic carbocycles. The van der Waals surface area contributed by atoms with Crippen LogP contribution in [0.2, 0.25) is 0 Å². The molecular formula is C12H25IO4. The Kier molecular flexibility index (Phi) is 10.8. The molecule has 0 rings (SSSR count). The number of hydrogen-bond donors (Lipinski definition) is 1. The summed E-state index contributed by atoms with van der Waals surface area (Å²) in [6, 6.07) is 0. The summed E-state index contributed by atoms with van der Waals surface area (Å²) in [4.78, 5) is 0. The third kappa shape index (κ3) is 11.4. The van der Waals surface area contributed by atoms with Crippen LogP contribution in [0.25, 0.3) is 0 Å². The molecule has 0 amide bonds. The fourth-order valence-corrected chi connectivity index (χ4v) is 1.74. The highest BCUT2D eigenvalue weighted by Crippen LogP contribution is 2.16. The van der Waals surface area contributed by atoms with Crippen LogP contribution in [0.3, 0.4) is 0 Å². The summed E-state index contributed by atoms with van der Waals surface area (Å²) < 4.78 is 16.6. The van der Waals surface area contributed by atoms with Crippen molar-refractivity contribution in [1.82, 2.24) is 0 Å². The van der Waals surface area contributed by atoms with Gasteiger partial charge in [-0.05, 0) is 27.2 Å². The maximum absolute atomic E-state index is 8.86. The van der Waals surface area contributed by atoms with E-state index in [1.807, 2.05) is 20.8 Å². The third-order valence-corrected chi connectivity index (χ3v) is 3.26. The molecule has 0 aliphatic heterocycles. The van der Waals surface area contributed by atoms with Gasteiger partial charge in [-0.25, -0.2) is 0 Å². The zero-order chi connectivity index (χ0) is 13.1. The van der Waals surface area contributed by atoms with Gasteiger partial charge in [-0.2, -0.15) is 0 Å². The van der Waals surface area contributed by atoms with Crippen molar-refractivity contribution < 1.29 is 19.3 Å².